The number of rotatable bonds is 5. The molecule has 0 radical (unpaired) electrons. The molecule has 0 aliphatic carbocycles. The van der Waals surface area contributed by atoms with Crippen molar-refractivity contribution in [3.8, 4) is 0 Å². The Morgan fingerprint density at radius 1 is 1.08 bits per heavy atom. The first-order valence-electron chi connectivity index (χ1n) is 11.2. The van der Waals surface area contributed by atoms with Crippen LogP contribution >= 0.6 is 0 Å². The average molecular weight is 520 g/mol. The van der Waals surface area contributed by atoms with Gasteiger partial charge in [0.25, 0.3) is 5.60 Å². The fourth-order valence-electron chi connectivity index (χ4n) is 4.18. The minimum atomic E-state index is -5.98. The highest BCUT2D eigenvalue weighted by Crippen LogP contribution is 2.51. The van der Waals surface area contributed by atoms with E-state index < -0.39 is 46.5 Å². The smallest absolute Gasteiger partial charge is 0.430 e. The van der Waals surface area contributed by atoms with Crippen LogP contribution in [0.25, 0.3) is 0 Å². The number of hydrogen-bond acceptors (Lipinski definition) is 3. The number of hydrogen-bond donors (Lipinski definition) is 1. The van der Waals surface area contributed by atoms with Crippen LogP contribution in [0.15, 0.2) is 60.7 Å². The summed E-state index contributed by atoms with van der Waals surface area (Å²) in [7, 11) is 0. The van der Waals surface area contributed by atoms with Gasteiger partial charge in [-0.1, -0.05) is 62.1 Å². The molecule has 36 heavy (non-hydrogen) atoms. The summed E-state index contributed by atoms with van der Waals surface area (Å²) in [4.78, 5) is 14.2. The lowest BCUT2D eigenvalue weighted by Crippen LogP contribution is -2.53. The molecular formula is C26H31F6NO3. The molecule has 10 heteroatoms. The molecule has 1 aromatic rings. The van der Waals surface area contributed by atoms with Gasteiger partial charge in [0.15, 0.2) is 0 Å². The fourth-order valence-corrected chi connectivity index (χ4v) is 4.18. The molecule has 2 rings (SSSR count). The third kappa shape index (κ3) is 5.79. The van der Waals surface area contributed by atoms with Crippen LogP contribution in [0.4, 0.5) is 31.1 Å². The zero-order chi connectivity index (χ0) is 27.7. The van der Waals surface area contributed by atoms with E-state index in [0.29, 0.717) is 23.3 Å². The van der Waals surface area contributed by atoms with Crippen molar-refractivity contribution in [3.05, 3.63) is 71.8 Å². The van der Waals surface area contributed by atoms with Gasteiger partial charge in [-0.2, -0.15) is 26.3 Å². The van der Waals surface area contributed by atoms with Gasteiger partial charge in [-0.15, -0.1) is 0 Å². The van der Waals surface area contributed by atoms with E-state index in [0.717, 1.165) is 12.1 Å². The fraction of sp³-hybridized carbons (Fsp3) is 0.500. The van der Waals surface area contributed by atoms with E-state index in [1.54, 1.807) is 45.1 Å². The van der Waals surface area contributed by atoms with E-state index in [1.807, 2.05) is 13.8 Å². The second-order valence-electron chi connectivity index (χ2n) is 10.1. The quantitative estimate of drug-likeness (QED) is 0.336. The van der Waals surface area contributed by atoms with E-state index >= 15 is 0 Å². The molecule has 1 saturated heterocycles. The topological polar surface area (TPSA) is 49.8 Å². The van der Waals surface area contributed by atoms with Crippen LogP contribution in [0.1, 0.15) is 51.7 Å². The number of carbonyl (C=O) groups is 1. The average Bonchev–Trinajstić information content (AvgIpc) is 3.09. The Hall–Kier alpha value is -2.75. The maximum Gasteiger partial charge on any atom is 0.430 e. The Morgan fingerprint density at radius 2 is 1.61 bits per heavy atom. The van der Waals surface area contributed by atoms with Crippen LogP contribution in [0.5, 0.6) is 0 Å². The number of amides is 1. The Bertz CT molecular complexity index is 1000. The van der Waals surface area contributed by atoms with Crippen LogP contribution in [-0.2, 0) is 10.3 Å². The predicted octanol–water partition coefficient (Wildman–Crippen LogP) is 7.03. The summed E-state index contributed by atoms with van der Waals surface area (Å²) >= 11 is 0. The van der Waals surface area contributed by atoms with Crippen molar-refractivity contribution in [1.29, 1.82) is 0 Å². The molecule has 1 aliphatic rings. The van der Waals surface area contributed by atoms with Crippen LogP contribution in [0.2, 0.25) is 0 Å². The lowest BCUT2D eigenvalue weighted by atomic mass is 9.71. The monoisotopic (exact) mass is 519 g/mol. The van der Waals surface area contributed by atoms with Crippen molar-refractivity contribution >= 4 is 6.09 Å². The molecule has 0 spiro atoms. The van der Waals surface area contributed by atoms with Gasteiger partial charge in [-0.3, -0.25) is 0 Å². The van der Waals surface area contributed by atoms with E-state index in [2.05, 4.69) is 6.58 Å². The summed E-state index contributed by atoms with van der Waals surface area (Å²) < 4.78 is 85.2. The normalized spacial score (nSPS) is 22.0. The first-order chi connectivity index (χ1) is 16.3. The maximum atomic E-state index is 13.3. The molecular weight excluding hydrogens is 488 g/mol. The number of benzene rings is 1. The van der Waals surface area contributed by atoms with Gasteiger partial charge < -0.3 is 14.7 Å². The third-order valence-corrected chi connectivity index (χ3v) is 6.23. The Labute approximate surface area is 206 Å². The molecule has 1 heterocycles. The van der Waals surface area contributed by atoms with Gasteiger partial charge in [0.2, 0.25) is 0 Å². The number of ether oxygens (including phenoxy) is 1. The third-order valence-electron chi connectivity index (χ3n) is 6.23. The van der Waals surface area contributed by atoms with E-state index in [-0.39, 0.29) is 13.1 Å². The van der Waals surface area contributed by atoms with Crippen LogP contribution in [0.3, 0.4) is 0 Å². The molecule has 1 aliphatic heterocycles. The summed E-state index contributed by atoms with van der Waals surface area (Å²) in [6.07, 6.45) is -5.49. The van der Waals surface area contributed by atoms with Crippen molar-refractivity contribution in [2.75, 3.05) is 13.1 Å². The van der Waals surface area contributed by atoms with Gasteiger partial charge in [0.1, 0.15) is 5.60 Å². The molecule has 1 amide bonds. The summed E-state index contributed by atoms with van der Waals surface area (Å²) in [5.41, 5.74) is -6.93. The predicted molar refractivity (Wildman–Crippen MR) is 124 cm³/mol. The van der Waals surface area contributed by atoms with Gasteiger partial charge in [0.05, 0.1) is 0 Å². The highest BCUT2D eigenvalue weighted by molar-refractivity contribution is 5.69. The number of halogens is 6. The molecule has 0 aromatic heterocycles. The van der Waals surface area contributed by atoms with Crippen molar-refractivity contribution in [3.63, 3.8) is 0 Å². The van der Waals surface area contributed by atoms with E-state index in [9.17, 15) is 36.2 Å². The lowest BCUT2D eigenvalue weighted by Gasteiger charge is -2.34. The van der Waals surface area contributed by atoms with Crippen molar-refractivity contribution in [2.45, 2.75) is 64.1 Å². The zero-order valence-electron chi connectivity index (χ0n) is 20.8. The summed E-state index contributed by atoms with van der Waals surface area (Å²) in [6, 6.07) is 3.46. The van der Waals surface area contributed by atoms with Gasteiger partial charge in [-0.05, 0) is 38.8 Å². The Balaban J connectivity index is 2.52. The van der Waals surface area contributed by atoms with E-state index in [4.69, 9.17) is 4.74 Å². The Kier molecular flexibility index (Phi) is 8.15. The zero-order valence-corrected chi connectivity index (χ0v) is 20.8. The molecule has 4 nitrogen and oxygen atoms in total. The SMILES string of the molecule is C=C(/C=C\C=C/C)[C@@]1(C)CN(C(=O)OC(C)(C)C)C[C@H]1c1ccc(C(O)(C(F)(F)F)C(F)(F)F)cc1. The molecule has 1 fully saturated rings. The summed E-state index contributed by atoms with van der Waals surface area (Å²) in [5.74, 6) is -0.522. The van der Waals surface area contributed by atoms with Gasteiger partial charge in [0, 0.05) is 30.0 Å². The first-order valence-corrected chi connectivity index (χ1v) is 11.2. The largest absolute Gasteiger partial charge is 0.444 e. The molecule has 0 bridgehead atoms. The van der Waals surface area contributed by atoms with E-state index in [1.165, 1.54) is 4.90 Å². The number of allylic oxidation sites excluding steroid dienone is 4. The number of likely N-dealkylation sites (tertiary alicyclic amines) is 1. The first kappa shape index (κ1) is 29.5. The number of alkyl halides is 6. The number of aliphatic hydroxyl groups is 1. The van der Waals surface area contributed by atoms with Gasteiger partial charge in [-0.25, -0.2) is 4.79 Å². The summed E-state index contributed by atoms with van der Waals surface area (Å²) in [6.45, 7) is 13.1. The molecule has 200 valence electrons. The lowest BCUT2D eigenvalue weighted by molar-refractivity contribution is -0.376. The molecule has 0 unspecified atom stereocenters. The van der Waals surface area contributed by atoms with Gasteiger partial charge >= 0.3 is 18.4 Å². The molecule has 1 aromatic carbocycles. The second-order valence-corrected chi connectivity index (χ2v) is 10.1. The highest BCUT2D eigenvalue weighted by Gasteiger charge is 2.71. The standard InChI is InChI=1S/C26H31F6NO3/c1-7-8-9-10-17(2)23(6)16-33(21(34)36-22(3,4)5)15-20(23)18-11-13-19(14-12-18)24(35,25(27,28)29)26(30,31)32/h7-14,20,35H,2,15-16H2,1,3-6H3/b8-7-,10-9-/t20-,23+/m0/s1. The van der Waals surface area contributed by atoms with Crippen molar-refractivity contribution in [1.82, 2.24) is 4.90 Å². The minimum absolute atomic E-state index is 0.101. The Morgan fingerprint density at radius 3 is 2.06 bits per heavy atom. The minimum Gasteiger partial charge on any atom is -0.444 e. The second kappa shape index (κ2) is 9.95. The van der Waals surface area contributed by atoms with Crippen LogP contribution < -0.4 is 0 Å². The number of carbonyl (C=O) groups excluding carboxylic acids is 1. The molecule has 2 atom stereocenters. The van der Waals surface area contributed by atoms with Crippen LogP contribution in [-0.4, -0.2) is 47.1 Å². The summed E-state index contributed by atoms with van der Waals surface area (Å²) in [5, 5.41) is 9.70. The van der Waals surface area contributed by atoms with Crippen molar-refractivity contribution in [2.24, 2.45) is 5.41 Å². The highest BCUT2D eigenvalue weighted by atomic mass is 19.4. The van der Waals surface area contributed by atoms with Crippen molar-refractivity contribution < 1.29 is 41.0 Å². The maximum absolute atomic E-state index is 13.3. The molecule has 0 saturated carbocycles. The van der Waals surface area contributed by atoms with Crippen LogP contribution in [0, 0.1) is 5.41 Å². The molecule has 1 N–H and O–H groups in total. The number of nitrogens with zero attached hydrogens (tertiary/aromatic N) is 1.